The molecule has 2 unspecified atom stereocenters. The van der Waals surface area contributed by atoms with Crippen LogP contribution in [0.2, 0.25) is 0 Å². The molecule has 2 aliphatic rings. The predicted octanol–water partition coefficient (Wildman–Crippen LogP) is 2.83. The first-order valence-corrected chi connectivity index (χ1v) is 8.02. The topological polar surface area (TPSA) is 35.6 Å². The molecule has 3 rings (SSSR count). The molecule has 0 spiro atoms. The molecule has 2 aliphatic heterocycles. The minimum absolute atomic E-state index is 0.0759. The molecule has 0 aromatic heterocycles. The van der Waals surface area contributed by atoms with Crippen LogP contribution in [0.4, 0.5) is 4.79 Å². The van der Waals surface area contributed by atoms with E-state index in [9.17, 15) is 4.79 Å². The molecule has 1 aromatic rings. The smallest absolute Gasteiger partial charge is 0.319 e. The van der Waals surface area contributed by atoms with Gasteiger partial charge in [0.15, 0.2) is 0 Å². The second-order valence-corrected chi connectivity index (χ2v) is 6.55. The summed E-state index contributed by atoms with van der Waals surface area (Å²) in [7, 11) is 0. The highest BCUT2D eigenvalue weighted by molar-refractivity contribution is 5.75. The highest BCUT2D eigenvalue weighted by Gasteiger charge is 2.44. The zero-order valence-corrected chi connectivity index (χ0v) is 13.0. The minimum atomic E-state index is 0.0759. The van der Waals surface area contributed by atoms with E-state index in [2.05, 4.69) is 48.3 Å². The molecule has 2 atom stereocenters. The number of nitrogens with zero attached hydrogens (tertiary/aromatic N) is 2. The maximum atomic E-state index is 12.6. The Balaban J connectivity index is 1.80. The van der Waals surface area contributed by atoms with Gasteiger partial charge >= 0.3 is 6.03 Å². The van der Waals surface area contributed by atoms with Gasteiger partial charge in [0, 0.05) is 25.7 Å². The normalized spacial score (nSPS) is 25.4. The molecule has 4 nitrogen and oxygen atoms in total. The number of hydrogen-bond acceptors (Lipinski definition) is 2. The van der Waals surface area contributed by atoms with Crippen LogP contribution in [0.3, 0.4) is 0 Å². The quantitative estimate of drug-likeness (QED) is 0.928. The average molecular weight is 287 g/mol. The van der Waals surface area contributed by atoms with Gasteiger partial charge in [-0.05, 0) is 24.3 Å². The molecule has 21 heavy (non-hydrogen) atoms. The summed E-state index contributed by atoms with van der Waals surface area (Å²) in [5, 5.41) is 3.07. The van der Waals surface area contributed by atoms with Crippen molar-refractivity contribution >= 4 is 6.03 Å². The van der Waals surface area contributed by atoms with E-state index >= 15 is 0 Å². The Bertz CT molecular complexity index is 488. The maximum absolute atomic E-state index is 12.6. The van der Waals surface area contributed by atoms with Crippen LogP contribution < -0.4 is 5.32 Å². The van der Waals surface area contributed by atoms with Crippen molar-refractivity contribution in [3.8, 4) is 0 Å². The third-order valence-corrected chi connectivity index (χ3v) is 4.46. The lowest BCUT2D eigenvalue weighted by Crippen LogP contribution is -2.43. The maximum Gasteiger partial charge on any atom is 0.319 e. The molecule has 1 N–H and O–H groups in total. The fourth-order valence-corrected chi connectivity index (χ4v) is 3.47. The van der Waals surface area contributed by atoms with E-state index in [4.69, 9.17) is 0 Å². The number of fused-ring (bicyclic) bond motifs is 1. The Morgan fingerprint density at radius 2 is 2.10 bits per heavy atom. The van der Waals surface area contributed by atoms with Gasteiger partial charge in [-0.2, -0.15) is 0 Å². The average Bonchev–Trinajstić information content (AvgIpc) is 3.05. The predicted molar refractivity (Wildman–Crippen MR) is 83.9 cm³/mol. The Kier molecular flexibility index (Phi) is 4.15. The molecular weight excluding hydrogens is 262 g/mol. The van der Waals surface area contributed by atoms with Gasteiger partial charge in [0.2, 0.25) is 0 Å². The molecular formula is C17H25N3O. The highest BCUT2D eigenvalue weighted by Crippen LogP contribution is 2.38. The summed E-state index contributed by atoms with van der Waals surface area (Å²) in [4.78, 5) is 17.1. The van der Waals surface area contributed by atoms with Gasteiger partial charge in [-0.15, -0.1) is 0 Å². The molecule has 1 aromatic carbocycles. The summed E-state index contributed by atoms with van der Waals surface area (Å²) in [6, 6.07) is 11.0. The first-order valence-electron chi connectivity index (χ1n) is 8.02. The first kappa shape index (κ1) is 14.4. The van der Waals surface area contributed by atoms with Gasteiger partial charge in [0.25, 0.3) is 0 Å². The number of benzene rings is 1. The summed E-state index contributed by atoms with van der Waals surface area (Å²) < 4.78 is 0. The van der Waals surface area contributed by atoms with E-state index in [1.54, 1.807) is 0 Å². The van der Waals surface area contributed by atoms with Gasteiger partial charge in [-0.1, -0.05) is 44.2 Å². The van der Waals surface area contributed by atoms with E-state index < -0.39 is 0 Å². The van der Waals surface area contributed by atoms with Gasteiger partial charge < -0.3 is 10.2 Å². The van der Waals surface area contributed by atoms with Gasteiger partial charge in [0.05, 0.1) is 0 Å². The Labute approximate surface area is 127 Å². The number of carbonyl (C=O) groups excluding carboxylic acids is 1. The summed E-state index contributed by atoms with van der Waals surface area (Å²) in [5.74, 6) is 0.478. The molecule has 0 bridgehead atoms. The third kappa shape index (κ3) is 2.91. The third-order valence-electron chi connectivity index (χ3n) is 4.46. The Morgan fingerprint density at radius 1 is 1.33 bits per heavy atom. The van der Waals surface area contributed by atoms with Crippen molar-refractivity contribution in [3.05, 3.63) is 35.9 Å². The van der Waals surface area contributed by atoms with E-state index in [1.165, 1.54) is 18.4 Å². The fraction of sp³-hybridized carbons (Fsp3) is 0.588. The minimum Gasteiger partial charge on any atom is -0.338 e. The van der Waals surface area contributed by atoms with Gasteiger partial charge in [-0.3, -0.25) is 4.90 Å². The summed E-state index contributed by atoms with van der Waals surface area (Å²) in [5.41, 5.74) is 1.22. The van der Waals surface area contributed by atoms with Crippen LogP contribution >= 0.6 is 0 Å². The molecule has 2 amide bonds. The van der Waals surface area contributed by atoms with Crippen molar-refractivity contribution in [2.75, 3.05) is 19.6 Å². The van der Waals surface area contributed by atoms with Crippen molar-refractivity contribution in [1.82, 2.24) is 15.1 Å². The van der Waals surface area contributed by atoms with Crippen LogP contribution in [0.25, 0.3) is 0 Å². The van der Waals surface area contributed by atoms with E-state index in [-0.39, 0.29) is 12.2 Å². The van der Waals surface area contributed by atoms with Crippen LogP contribution in [0, 0.1) is 5.92 Å². The SMILES string of the molecule is CC(C)CNC(=O)N1CC2CCCN2C1c1ccccc1. The molecule has 4 heteroatoms. The second kappa shape index (κ2) is 6.06. The van der Waals surface area contributed by atoms with Gasteiger partial charge in [-0.25, -0.2) is 4.79 Å². The highest BCUT2D eigenvalue weighted by atomic mass is 16.2. The summed E-state index contributed by atoms with van der Waals surface area (Å²) in [6.07, 6.45) is 2.55. The van der Waals surface area contributed by atoms with Gasteiger partial charge in [0.1, 0.15) is 6.17 Å². The fourth-order valence-electron chi connectivity index (χ4n) is 3.47. The number of hydrogen-bond donors (Lipinski definition) is 1. The van der Waals surface area contributed by atoms with E-state index in [0.717, 1.165) is 19.6 Å². The summed E-state index contributed by atoms with van der Waals surface area (Å²) >= 11 is 0. The number of amides is 2. The number of urea groups is 1. The lowest BCUT2D eigenvalue weighted by atomic mass is 10.1. The zero-order chi connectivity index (χ0) is 14.8. The van der Waals surface area contributed by atoms with Crippen molar-refractivity contribution in [2.45, 2.75) is 38.9 Å². The van der Waals surface area contributed by atoms with Crippen LogP contribution in [-0.2, 0) is 0 Å². The second-order valence-electron chi connectivity index (χ2n) is 6.55. The molecule has 2 fully saturated rings. The Morgan fingerprint density at radius 3 is 2.81 bits per heavy atom. The monoisotopic (exact) mass is 287 g/mol. The van der Waals surface area contributed by atoms with Crippen LogP contribution in [0.5, 0.6) is 0 Å². The zero-order valence-electron chi connectivity index (χ0n) is 13.0. The number of rotatable bonds is 3. The van der Waals surface area contributed by atoms with Crippen LogP contribution in [0.1, 0.15) is 38.4 Å². The van der Waals surface area contributed by atoms with Crippen molar-refractivity contribution in [3.63, 3.8) is 0 Å². The van der Waals surface area contributed by atoms with E-state index in [1.807, 2.05) is 11.0 Å². The molecule has 0 saturated carbocycles. The largest absolute Gasteiger partial charge is 0.338 e. The van der Waals surface area contributed by atoms with Crippen LogP contribution in [-0.4, -0.2) is 41.5 Å². The lowest BCUT2D eigenvalue weighted by molar-refractivity contribution is 0.145. The molecule has 0 aliphatic carbocycles. The van der Waals surface area contributed by atoms with E-state index in [0.29, 0.717) is 12.0 Å². The lowest BCUT2D eigenvalue weighted by Gasteiger charge is -2.30. The molecule has 2 heterocycles. The van der Waals surface area contributed by atoms with Crippen LogP contribution in [0.15, 0.2) is 30.3 Å². The number of carbonyl (C=O) groups is 1. The molecule has 0 radical (unpaired) electrons. The molecule has 114 valence electrons. The van der Waals surface area contributed by atoms with Crippen molar-refractivity contribution < 1.29 is 4.79 Å². The number of nitrogens with one attached hydrogen (secondary N) is 1. The van der Waals surface area contributed by atoms with Crippen molar-refractivity contribution in [1.29, 1.82) is 0 Å². The first-order chi connectivity index (χ1) is 10.2. The standard InChI is InChI=1S/C17H25N3O/c1-13(2)11-18-17(21)20-12-15-9-6-10-19(15)16(20)14-7-4-3-5-8-14/h3-5,7-8,13,15-16H,6,9-12H2,1-2H3,(H,18,21). The summed E-state index contributed by atoms with van der Waals surface area (Å²) in [6.45, 7) is 6.93. The van der Waals surface area contributed by atoms with Crippen molar-refractivity contribution in [2.24, 2.45) is 5.92 Å². The Hall–Kier alpha value is -1.55. The molecule has 2 saturated heterocycles.